The monoisotopic (exact) mass is 430 g/mol. The summed E-state index contributed by atoms with van der Waals surface area (Å²) < 4.78 is 25.1. The molecule has 10 heteroatoms. The molecular formula is C17H20Cl2N4O3S. The number of benzene rings is 1. The summed E-state index contributed by atoms with van der Waals surface area (Å²) in [7, 11) is -1.30. The molecule has 7 nitrogen and oxygen atoms in total. The van der Waals surface area contributed by atoms with Crippen LogP contribution in [0.4, 0.5) is 11.5 Å². The lowest BCUT2D eigenvalue weighted by Crippen LogP contribution is -2.31. The minimum Gasteiger partial charge on any atom is -0.364 e. The average Bonchev–Trinajstić information content (AvgIpc) is 3.08. The number of carbonyl (C=O) groups excluding carboxylic acids is 1. The van der Waals surface area contributed by atoms with Crippen molar-refractivity contribution in [3.05, 3.63) is 40.0 Å². The van der Waals surface area contributed by atoms with Gasteiger partial charge in [-0.05, 0) is 31.5 Å². The number of rotatable bonds is 5. The lowest BCUT2D eigenvalue weighted by molar-refractivity contribution is -0.115. The molecule has 1 unspecified atom stereocenters. The van der Waals surface area contributed by atoms with E-state index >= 15 is 0 Å². The summed E-state index contributed by atoms with van der Waals surface area (Å²) in [6.07, 6.45) is 0.493. The highest BCUT2D eigenvalue weighted by atomic mass is 35.5. The van der Waals surface area contributed by atoms with Crippen molar-refractivity contribution < 1.29 is 13.2 Å². The molecule has 1 aromatic heterocycles. The van der Waals surface area contributed by atoms with Crippen molar-refractivity contribution in [1.29, 1.82) is 0 Å². The molecule has 2 aromatic rings. The van der Waals surface area contributed by atoms with Crippen molar-refractivity contribution in [1.82, 2.24) is 9.78 Å². The van der Waals surface area contributed by atoms with E-state index in [-0.39, 0.29) is 30.0 Å². The van der Waals surface area contributed by atoms with Gasteiger partial charge < -0.3 is 10.2 Å². The van der Waals surface area contributed by atoms with Crippen molar-refractivity contribution in [2.24, 2.45) is 0 Å². The largest absolute Gasteiger partial charge is 0.364 e. The fourth-order valence-electron chi connectivity index (χ4n) is 3.13. The molecule has 0 aliphatic carbocycles. The molecule has 1 saturated heterocycles. The van der Waals surface area contributed by atoms with Crippen LogP contribution in [0, 0.1) is 6.92 Å². The zero-order valence-electron chi connectivity index (χ0n) is 14.9. The Hall–Kier alpha value is -1.77. The van der Waals surface area contributed by atoms with Gasteiger partial charge in [0.05, 0.1) is 40.5 Å². The van der Waals surface area contributed by atoms with Gasteiger partial charge in [0, 0.05) is 18.1 Å². The Morgan fingerprint density at radius 1 is 1.37 bits per heavy atom. The van der Waals surface area contributed by atoms with Crippen molar-refractivity contribution in [2.45, 2.75) is 19.4 Å². The van der Waals surface area contributed by atoms with Gasteiger partial charge in [0.1, 0.15) is 5.82 Å². The van der Waals surface area contributed by atoms with Crippen LogP contribution < -0.4 is 10.2 Å². The predicted molar refractivity (Wildman–Crippen MR) is 108 cm³/mol. The van der Waals surface area contributed by atoms with E-state index in [9.17, 15) is 13.2 Å². The van der Waals surface area contributed by atoms with E-state index in [2.05, 4.69) is 10.4 Å². The number of nitrogens with one attached hydrogen (secondary N) is 1. The molecule has 1 atom stereocenters. The molecule has 1 amide bonds. The zero-order chi connectivity index (χ0) is 19.8. The minimum atomic E-state index is -3.05. The molecule has 1 aliphatic heterocycles. The molecule has 0 radical (unpaired) electrons. The van der Waals surface area contributed by atoms with E-state index in [0.29, 0.717) is 33.7 Å². The van der Waals surface area contributed by atoms with Gasteiger partial charge >= 0.3 is 0 Å². The van der Waals surface area contributed by atoms with Gasteiger partial charge in [-0.2, -0.15) is 5.10 Å². The molecule has 0 spiro atoms. The number of aromatic nitrogens is 2. The first-order valence-corrected chi connectivity index (χ1v) is 10.9. The van der Waals surface area contributed by atoms with Gasteiger partial charge in [0.15, 0.2) is 9.84 Å². The maximum Gasteiger partial charge on any atom is 0.245 e. The molecule has 1 N–H and O–H groups in total. The van der Waals surface area contributed by atoms with Gasteiger partial charge in [-0.15, -0.1) is 0 Å². The number of sulfone groups is 1. The first kappa shape index (κ1) is 20.0. The molecule has 2 heterocycles. The third kappa shape index (κ3) is 4.75. The summed E-state index contributed by atoms with van der Waals surface area (Å²) in [5.74, 6) is 0.416. The number of halogens is 2. The molecule has 1 aliphatic rings. The molecule has 0 bridgehead atoms. The smallest absolute Gasteiger partial charge is 0.245 e. The number of aryl methyl sites for hydroxylation is 1. The highest BCUT2D eigenvalue weighted by molar-refractivity contribution is 7.91. The van der Waals surface area contributed by atoms with Crippen LogP contribution in [-0.4, -0.2) is 49.2 Å². The predicted octanol–water partition coefficient (Wildman–Crippen LogP) is 2.93. The van der Waals surface area contributed by atoms with Crippen LogP contribution in [0.15, 0.2) is 24.3 Å². The summed E-state index contributed by atoms with van der Waals surface area (Å²) in [6.45, 7) is 1.86. The highest BCUT2D eigenvalue weighted by Crippen LogP contribution is 2.29. The molecule has 3 rings (SSSR count). The Balaban J connectivity index is 1.71. The van der Waals surface area contributed by atoms with Crippen LogP contribution in [0.1, 0.15) is 18.2 Å². The maximum absolute atomic E-state index is 12.5. The van der Waals surface area contributed by atoms with Gasteiger partial charge in [0.25, 0.3) is 0 Å². The summed E-state index contributed by atoms with van der Waals surface area (Å²) in [4.78, 5) is 14.2. The SMILES string of the molecule is Cc1cc(NC(=O)CN(C)c2ccc(Cl)cc2Cl)n(C2CCS(=O)(=O)C2)n1. The van der Waals surface area contributed by atoms with Crippen LogP contribution in [0.3, 0.4) is 0 Å². The second-order valence-electron chi connectivity index (χ2n) is 6.67. The van der Waals surface area contributed by atoms with Crippen molar-refractivity contribution >= 4 is 50.5 Å². The van der Waals surface area contributed by atoms with Crippen molar-refractivity contribution in [3.63, 3.8) is 0 Å². The van der Waals surface area contributed by atoms with Crippen LogP contribution in [-0.2, 0) is 14.6 Å². The van der Waals surface area contributed by atoms with E-state index in [4.69, 9.17) is 23.2 Å². The number of amides is 1. The minimum absolute atomic E-state index is 0.0390. The van der Waals surface area contributed by atoms with Crippen LogP contribution in [0.5, 0.6) is 0 Å². The third-order valence-electron chi connectivity index (χ3n) is 4.38. The van der Waals surface area contributed by atoms with E-state index in [1.54, 1.807) is 47.8 Å². The second kappa shape index (κ2) is 7.69. The normalized spacial score (nSPS) is 18.4. The summed E-state index contributed by atoms with van der Waals surface area (Å²) in [5.41, 5.74) is 1.39. The maximum atomic E-state index is 12.5. The number of anilines is 2. The van der Waals surface area contributed by atoms with Gasteiger partial charge in [0.2, 0.25) is 5.91 Å². The summed E-state index contributed by atoms with van der Waals surface area (Å²) >= 11 is 12.1. The number of carbonyl (C=O) groups is 1. The standard InChI is InChI=1S/C17H20Cl2N4O3S/c1-11-7-16(23(21-11)13-5-6-27(25,26)10-13)20-17(24)9-22(2)15-4-3-12(18)8-14(15)19/h3-4,7-8,13H,5-6,9-10H2,1-2H3,(H,20,24). The zero-order valence-corrected chi connectivity index (χ0v) is 17.3. The first-order valence-electron chi connectivity index (χ1n) is 8.37. The quantitative estimate of drug-likeness (QED) is 0.787. The van der Waals surface area contributed by atoms with Gasteiger partial charge in [-0.1, -0.05) is 23.2 Å². The fourth-order valence-corrected chi connectivity index (χ4v) is 5.38. The summed E-state index contributed by atoms with van der Waals surface area (Å²) in [6, 6.07) is 6.54. The number of nitrogens with zero attached hydrogens (tertiary/aromatic N) is 3. The Morgan fingerprint density at radius 3 is 2.74 bits per heavy atom. The Bertz CT molecular complexity index is 975. The number of hydrogen-bond donors (Lipinski definition) is 1. The fraction of sp³-hybridized carbons (Fsp3) is 0.412. The molecular weight excluding hydrogens is 411 g/mol. The van der Waals surface area contributed by atoms with E-state index in [1.807, 2.05) is 0 Å². The molecule has 0 saturated carbocycles. The van der Waals surface area contributed by atoms with Crippen molar-refractivity contribution in [3.8, 4) is 0 Å². The van der Waals surface area contributed by atoms with Crippen molar-refractivity contribution in [2.75, 3.05) is 35.3 Å². The highest BCUT2D eigenvalue weighted by Gasteiger charge is 2.31. The summed E-state index contributed by atoms with van der Waals surface area (Å²) in [5, 5.41) is 8.16. The molecule has 146 valence electrons. The Kier molecular flexibility index (Phi) is 5.69. The first-order chi connectivity index (χ1) is 12.6. The number of likely N-dealkylation sites (N-methyl/N-ethyl adjacent to an activating group) is 1. The van der Waals surface area contributed by atoms with E-state index in [1.165, 1.54) is 0 Å². The topological polar surface area (TPSA) is 84.3 Å². The van der Waals surface area contributed by atoms with Crippen LogP contribution in [0.25, 0.3) is 0 Å². The Labute approximate surface area is 168 Å². The molecule has 1 fully saturated rings. The van der Waals surface area contributed by atoms with Crippen LogP contribution in [0.2, 0.25) is 10.0 Å². The van der Waals surface area contributed by atoms with Gasteiger partial charge in [-0.25, -0.2) is 13.1 Å². The lowest BCUT2D eigenvalue weighted by atomic mass is 10.3. The Morgan fingerprint density at radius 2 is 2.11 bits per heavy atom. The number of hydrogen-bond acceptors (Lipinski definition) is 5. The van der Waals surface area contributed by atoms with Crippen LogP contribution >= 0.6 is 23.2 Å². The van der Waals surface area contributed by atoms with E-state index < -0.39 is 9.84 Å². The molecule has 27 heavy (non-hydrogen) atoms. The second-order valence-corrected chi connectivity index (χ2v) is 9.74. The molecule has 1 aromatic carbocycles. The lowest BCUT2D eigenvalue weighted by Gasteiger charge is -2.20. The average molecular weight is 431 g/mol. The third-order valence-corrected chi connectivity index (χ3v) is 6.67. The van der Waals surface area contributed by atoms with Gasteiger partial charge in [-0.3, -0.25) is 4.79 Å². The van der Waals surface area contributed by atoms with E-state index in [0.717, 1.165) is 0 Å².